The van der Waals surface area contributed by atoms with Gasteiger partial charge < -0.3 is 14.8 Å². The Morgan fingerprint density at radius 2 is 2.05 bits per heavy atom. The number of hydrogen-bond donors (Lipinski definition) is 1. The van der Waals surface area contributed by atoms with Gasteiger partial charge >= 0.3 is 12.5 Å². The van der Waals surface area contributed by atoms with Gasteiger partial charge in [-0.1, -0.05) is 0 Å². The number of benzene rings is 1. The predicted molar refractivity (Wildman–Crippen MR) is 57.6 cm³/mol. The van der Waals surface area contributed by atoms with E-state index >= 15 is 0 Å². The lowest BCUT2D eigenvalue weighted by Gasteiger charge is -2.13. The molecule has 1 N–H and O–H groups in total. The molecule has 0 saturated carbocycles. The quantitative estimate of drug-likeness (QED) is 0.854. The topological polar surface area (TPSA) is 47.6 Å². The Bertz CT molecular complexity index is 480. The summed E-state index contributed by atoms with van der Waals surface area (Å²) in [6, 6.07) is 1.74. The smallest absolute Gasteiger partial charge is 0.447 e. The largest absolute Gasteiger partial charge is 0.573 e. The van der Waals surface area contributed by atoms with E-state index in [1.54, 1.807) is 0 Å². The lowest BCUT2D eigenvalue weighted by Crippen LogP contribution is -2.20. The molecule has 0 unspecified atom stereocenters. The number of cyclic esters (lactones) is 1. The first-order valence-corrected chi connectivity index (χ1v) is 4.83. The summed E-state index contributed by atoms with van der Waals surface area (Å²) in [4.78, 5) is 10.8. The molecule has 1 aliphatic heterocycles. The molecule has 1 aromatic rings. The summed E-state index contributed by atoms with van der Waals surface area (Å²) in [6.07, 6.45) is -5.61. The van der Waals surface area contributed by atoms with E-state index in [0.717, 1.165) is 18.2 Å². The van der Waals surface area contributed by atoms with Crippen LogP contribution in [-0.2, 0) is 4.74 Å². The minimum absolute atomic E-state index is 0. The standard InChI is InChI=1S/C10H7F4NO3.ClH/c11-7-2-1-5(18-10(12,13)14)3-6(7)8-4-17-9(16)15-8;/h1-3,8H,4H2,(H,15,16);1H/t8-;/m0./s1. The van der Waals surface area contributed by atoms with Gasteiger partial charge in [-0.15, -0.1) is 25.6 Å². The first-order chi connectivity index (χ1) is 8.35. The van der Waals surface area contributed by atoms with Crippen molar-refractivity contribution < 1.29 is 31.8 Å². The summed E-state index contributed by atoms with van der Waals surface area (Å²) in [5.41, 5.74) is -0.123. The van der Waals surface area contributed by atoms with E-state index in [9.17, 15) is 22.4 Å². The summed E-state index contributed by atoms with van der Waals surface area (Å²) >= 11 is 0. The lowest BCUT2D eigenvalue weighted by molar-refractivity contribution is -0.274. The molecule has 0 radical (unpaired) electrons. The Morgan fingerprint density at radius 1 is 1.37 bits per heavy atom. The molecule has 1 amide bonds. The summed E-state index contributed by atoms with van der Waals surface area (Å²) < 4.78 is 57.6. The Labute approximate surface area is 111 Å². The molecule has 1 saturated heterocycles. The van der Waals surface area contributed by atoms with E-state index in [2.05, 4.69) is 14.8 Å². The molecule has 1 aromatic carbocycles. The van der Waals surface area contributed by atoms with Crippen molar-refractivity contribution in [3.05, 3.63) is 29.6 Å². The van der Waals surface area contributed by atoms with Crippen molar-refractivity contribution in [2.45, 2.75) is 12.4 Å². The van der Waals surface area contributed by atoms with Crippen molar-refractivity contribution in [3.63, 3.8) is 0 Å². The van der Waals surface area contributed by atoms with E-state index in [4.69, 9.17) is 0 Å². The predicted octanol–water partition coefficient (Wildman–Crippen LogP) is 2.93. The number of carbonyl (C=O) groups is 1. The van der Waals surface area contributed by atoms with E-state index in [1.807, 2.05) is 0 Å². The van der Waals surface area contributed by atoms with Gasteiger partial charge in [0.15, 0.2) is 0 Å². The Morgan fingerprint density at radius 3 is 2.58 bits per heavy atom. The molecule has 1 atom stereocenters. The van der Waals surface area contributed by atoms with Gasteiger partial charge in [0.2, 0.25) is 0 Å². The minimum atomic E-state index is -4.86. The number of carbonyl (C=O) groups excluding carboxylic acids is 1. The van der Waals surface area contributed by atoms with Gasteiger partial charge in [-0.3, -0.25) is 0 Å². The highest BCUT2D eigenvalue weighted by atomic mass is 35.5. The second-order valence-electron chi connectivity index (χ2n) is 3.53. The molecule has 1 fully saturated rings. The summed E-state index contributed by atoms with van der Waals surface area (Å²) in [7, 11) is 0. The maximum atomic E-state index is 13.4. The molecule has 1 aliphatic rings. The molecule has 1 heterocycles. The average molecular weight is 302 g/mol. The summed E-state index contributed by atoms with van der Waals surface area (Å²) in [5, 5.41) is 2.26. The fourth-order valence-electron chi connectivity index (χ4n) is 1.54. The molecule has 106 valence electrons. The van der Waals surface area contributed by atoms with Crippen LogP contribution in [0.4, 0.5) is 22.4 Å². The number of amides is 1. The van der Waals surface area contributed by atoms with E-state index in [0.29, 0.717) is 0 Å². The van der Waals surface area contributed by atoms with E-state index in [-0.39, 0.29) is 24.6 Å². The fourth-order valence-corrected chi connectivity index (χ4v) is 1.54. The van der Waals surface area contributed by atoms with E-state index < -0.39 is 30.1 Å². The zero-order valence-corrected chi connectivity index (χ0v) is 9.98. The monoisotopic (exact) mass is 301 g/mol. The molecule has 4 nitrogen and oxygen atoms in total. The summed E-state index contributed by atoms with van der Waals surface area (Å²) in [6.45, 7) is -0.148. The van der Waals surface area contributed by atoms with Crippen LogP contribution in [-0.4, -0.2) is 19.1 Å². The second-order valence-corrected chi connectivity index (χ2v) is 3.53. The van der Waals surface area contributed by atoms with Gasteiger partial charge in [0.1, 0.15) is 18.2 Å². The number of halogens is 5. The van der Waals surface area contributed by atoms with Gasteiger partial charge in [0.05, 0.1) is 6.04 Å². The van der Waals surface area contributed by atoms with Crippen molar-refractivity contribution in [2.75, 3.05) is 6.61 Å². The molecule has 2 rings (SSSR count). The van der Waals surface area contributed by atoms with Crippen LogP contribution in [0.25, 0.3) is 0 Å². The number of nitrogens with one attached hydrogen (secondary N) is 1. The molecular weight excluding hydrogens is 294 g/mol. The SMILES string of the molecule is Cl.O=C1N[C@H](c2cc(OC(F)(F)F)ccc2F)CO1. The van der Waals surface area contributed by atoms with Crippen LogP contribution in [0.2, 0.25) is 0 Å². The third kappa shape index (κ3) is 3.88. The van der Waals surface area contributed by atoms with Crippen LogP contribution < -0.4 is 10.1 Å². The van der Waals surface area contributed by atoms with Gasteiger partial charge in [-0.05, 0) is 18.2 Å². The van der Waals surface area contributed by atoms with Gasteiger partial charge in [0, 0.05) is 5.56 Å². The molecule has 9 heteroatoms. The van der Waals surface area contributed by atoms with Gasteiger partial charge in [0.25, 0.3) is 0 Å². The number of hydrogen-bond acceptors (Lipinski definition) is 3. The third-order valence-electron chi connectivity index (χ3n) is 2.25. The summed E-state index contributed by atoms with van der Waals surface area (Å²) in [5.74, 6) is -1.31. The highest BCUT2D eigenvalue weighted by Crippen LogP contribution is 2.28. The average Bonchev–Trinajstić information content (AvgIpc) is 2.66. The lowest BCUT2D eigenvalue weighted by atomic mass is 10.1. The van der Waals surface area contributed by atoms with E-state index in [1.165, 1.54) is 0 Å². The maximum Gasteiger partial charge on any atom is 0.573 e. The molecule has 0 aliphatic carbocycles. The first kappa shape index (κ1) is 15.4. The first-order valence-electron chi connectivity index (χ1n) is 4.83. The fraction of sp³-hybridized carbons (Fsp3) is 0.300. The molecule has 0 spiro atoms. The van der Waals surface area contributed by atoms with Gasteiger partial charge in [-0.2, -0.15) is 0 Å². The number of alkyl carbamates (subject to hydrolysis) is 1. The van der Waals surface area contributed by atoms with Gasteiger partial charge in [-0.25, -0.2) is 9.18 Å². The number of alkyl halides is 3. The third-order valence-corrected chi connectivity index (χ3v) is 2.25. The Kier molecular flexibility index (Phi) is 4.46. The molecule has 0 bridgehead atoms. The molecule has 0 aromatic heterocycles. The maximum absolute atomic E-state index is 13.4. The van der Waals surface area contributed by atoms with Crippen molar-refractivity contribution in [2.24, 2.45) is 0 Å². The molecule has 19 heavy (non-hydrogen) atoms. The van der Waals surface area contributed by atoms with Crippen molar-refractivity contribution in [3.8, 4) is 5.75 Å². The van der Waals surface area contributed by atoms with Crippen LogP contribution in [0, 0.1) is 5.82 Å². The highest BCUT2D eigenvalue weighted by Gasteiger charge is 2.32. The Hall–Kier alpha value is -1.70. The minimum Gasteiger partial charge on any atom is -0.447 e. The van der Waals surface area contributed by atoms with Crippen molar-refractivity contribution in [1.82, 2.24) is 5.32 Å². The van der Waals surface area contributed by atoms with Crippen LogP contribution in [0.5, 0.6) is 5.75 Å². The number of ether oxygens (including phenoxy) is 2. The molecular formula is C10H8ClF4NO3. The van der Waals surface area contributed by atoms with Crippen molar-refractivity contribution >= 4 is 18.5 Å². The van der Waals surface area contributed by atoms with Crippen LogP contribution in [0.1, 0.15) is 11.6 Å². The Balaban J connectivity index is 0.00000180. The zero-order chi connectivity index (χ0) is 13.3. The number of rotatable bonds is 2. The highest BCUT2D eigenvalue weighted by molar-refractivity contribution is 5.85. The van der Waals surface area contributed by atoms with Crippen LogP contribution in [0.3, 0.4) is 0 Å². The zero-order valence-electron chi connectivity index (χ0n) is 9.16. The second kappa shape index (κ2) is 5.52. The van der Waals surface area contributed by atoms with Crippen LogP contribution >= 0.6 is 12.4 Å². The normalized spacial score (nSPS) is 18.3. The van der Waals surface area contributed by atoms with Crippen molar-refractivity contribution in [1.29, 1.82) is 0 Å². The van der Waals surface area contributed by atoms with Crippen LogP contribution in [0.15, 0.2) is 18.2 Å².